The second kappa shape index (κ2) is 12.6. The molecule has 6 nitrogen and oxygen atoms in total. The van der Waals surface area contributed by atoms with E-state index in [-0.39, 0.29) is 5.91 Å². The molecular formula is C24H30N2O4. The van der Waals surface area contributed by atoms with Gasteiger partial charge < -0.3 is 9.47 Å². The Labute approximate surface area is 178 Å². The van der Waals surface area contributed by atoms with Crippen LogP contribution >= 0.6 is 0 Å². The summed E-state index contributed by atoms with van der Waals surface area (Å²) in [6.45, 7) is 2.14. The molecule has 2 aromatic rings. The Bertz CT molecular complexity index is 828. The van der Waals surface area contributed by atoms with E-state index in [0.717, 1.165) is 42.4 Å². The first kappa shape index (κ1) is 23.3. The Morgan fingerprint density at radius 3 is 2.17 bits per heavy atom. The van der Waals surface area contributed by atoms with Crippen LogP contribution in [0.5, 0.6) is 0 Å². The third kappa shape index (κ3) is 7.13. The molecule has 0 atom stereocenters. The molecule has 0 aliphatic carbocycles. The zero-order valence-electron chi connectivity index (χ0n) is 17.8. The van der Waals surface area contributed by atoms with Gasteiger partial charge in [0.15, 0.2) is 6.29 Å². The van der Waals surface area contributed by atoms with Crippen molar-refractivity contribution in [3.63, 3.8) is 0 Å². The topological polar surface area (TPSA) is 76.7 Å². The van der Waals surface area contributed by atoms with Crippen LogP contribution in [0.2, 0.25) is 0 Å². The van der Waals surface area contributed by atoms with Crippen molar-refractivity contribution < 1.29 is 19.1 Å². The lowest BCUT2D eigenvalue weighted by molar-refractivity contribution is -0.117. The molecule has 0 spiro atoms. The van der Waals surface area contributed by atoms with Gasteiger partial charge in [0.1, 0.15) is 0 Å². The molecule has 0 fully saturated rings. The molecule has 160 valence electrons. The van der Waals surface area contributed by atoms with Crippen LogP contribution in [-0.2, 0) is 14.3 Å². The van der Waals surface area contributed by atoms with Gasteiger partial charge in [0.25, 0.3) is 11.8 Å². The minimum absolute atomic E-state index is 0.367. The first-order chi connectivity index (χ1) is 14.6. The lowest BCUT2D eigenvalue weighted by atomic mass is 9.99. The van der Waals surface area contributed by atoms with E-state index in [0.29, 0.717) is 5.56 Å². The van der Waals surface area contributed by atoms with E-state index in [9.17, 15) is 9.59 Å². The highest BCUT2D eigenvalue weighted by Crippen LogP contribution is 2.21. The van der Waals surface area contributed by atoms with E-state index in [1.807, 2.05) is 30.3 Å². The molecule has 30 heavy (non-hydrogen) atoms. The minimum atomic E-state index is -0.490. The third-order valence-electron chi connectivity index (χ3n) is 4.67. The van der Waals surface area contributed by atoms with Crippen molar-refractivity contribution in [2.24, 2.45) is 0 Å². The number of nitrogens with one attached hydrogen (secondary N) is 2. The lowest BCUT2D eigenvalue weighted by Crippen LogP contribution is -2.40. The monoisotopic (exact) mass is 410 g/mol. The van der Waals surface area contributed by atoms with Gasteiger partial charge >= 0.3 is 0 Å². The second-order valence-electron chi connectivity index (χ2n) is 6.86. The molecule has 2 N–H and O–H groups in total. The van der Waals surface area contributed by atoms with Gasteiger partial charge in [-0.2, -0.15) is 0 Å². The highest BCUT2D eigenvalue weighted by Gasteiger charge is 2.11. The van der Waals surface area contributed by atoms with Gasteiger partial charge in [-0.3, -0.25) is 20.4 Å². The number of allylic oxidation sites excluding steroid dienone is 1. The fraction of sp³-hybridized carbons (Fsp3) is 0.333. The molecule has 0 saturated carbocycles. The molecule has 0 aromatic heterocycles. The van der Waals surface area contributed by atoms with Crippen molar-refractivity contribution >= 4 is 17.4 Å². The number of unbranched alkanes of at least 4 members (excludes halogenated alkanes) is 2. The lowest BCUT2D eigenvalue weighted by Gasteiger charge is -2.14. The van der Waals surface area contributed by atoms with Gasteiger partial charge in [-0.05, 0) is 36.1 Å². The number of methoxy groups -OCH3 is 2. The van der Waals surface area contributed by atoms with Crippen molar-refractivity contribution in [3.8, 4) is 0 Å². The summed E-state index contributed by atoms with van der Waals surface area (Å²) in [6, 6.07) is 16.6. The number of hydrogen-bond acceptors (Lipinski definition) is 4. The Morgan fingerprint density at radius 1 is 0.900 bits per heavy atom. The normalized spacial score (nSPS) is 11.4. The fourth-order valence-electron chi connectivity index (χ4n) is 3.06. The summed E-state index contributed by atoms with van der Waals surface area (Å²) in [5.41, 5.74) is 8.09. The second-order valence-corrected chi connectivity index (χ2v) is 6.86. The smallest absolute Gasteiger partial charge is 0.269 e. The number of carbonyl (C=O) groups excluding carboxylic acids is 2. The molecular weight excluding hydrogens is 380 g/mol. The van der Waals surface area contributed by atoms with Crippen LogP contribution in [0.15, 0.2) is 60.7 Å². The van der Waals surface area contributed by atoms with Crippen LogP contribution < -0.4 is 10.9 Å². The zero-order chi connectivity index (χ0) is 21.8. The third-order valence-corrected chi connectivity index (χ3v) is 4.67. The summed E-state index contributed by atoms with van der Waals surface area (Å²) < 4.78 is 10.4. The average molecular weight is 411 g/mol. The molecule has 0 radical (unpaired) electrons. The molecule has 0 aliphatic heterocycles. The maximum absolute atomic E-state index is 12.4. The summed E-state index contributed by atoms with van der Waals surface area (Å²) in [5, 5.41) is 0. The summed E-state index contributed by atoms with van der Waals surface area (Å²) in [4.78, 5) is 24.7. The maximum Gasteiger partial charge on any atom is 0.269 e. The van der Waals surface area contributed by atoms with Crippen molar-refractivity contribution in [2.75, 3.05) is 14.2 Å². The van der Waals surface area contributed by atoms with Crippen LogP contribution in [0.25, 0.3) is 5.57 Å². The van der Waals surface area contributed by atoms with Crippen LogP contribution in [0, 0.1) is 0 Å². The van der Waals surface area contributed by atoms with Crippen molar-refractivity contribution in [2.45, 2.75) is 38.9 Å². The highest BCUT2D eigenvalue weighted by molar-refractivity contribution is 5.99. The van der Waals surface area contributed by atoms with E-state index in [1.165, 1.54) is 0 Å². The molecule has 6 heteroatoms. The highest BCUT2D eigenvalue weighted by atomic mass is 16.7. The largest absolute Gasteiger partial charge is 0.352 e. The molecule has 0 bridgehead atoms. The van der Waals surface area contributed by atoms with Gasteiger partial charge in [0, 0.05) is 31.4 Å². The van der Waals surface area contributed by atoms with Crippen LogP contribution in [0.4, 0.5) is 0 Å². The van der Waals surface area contributed by atoms with E-state index in [4.69, 9.17) is 9.47 Å². The Balaban J connectivity index is 1.99. The van der Waals surface area contributed by atoms with Gasteiger partial charge in [0.2, 0.25) is 0 Å². The first-order valence-corrected chi connectivity index (χ1v) is 10.1. The Kier molecular flexibility index (Phi) is 9.77. The molecule has 0 aliphatic rings. The zero-order valence-corrected chi connectivity index (χ0v) is 17.8. The molecule has 2 amide bonds. The SMILES string of the molecule is CCCCCC(=CC(=O)NNC(=O)c1ccc(C(OC)OC)cc1)c1ccccc1. The molecule has 2 aromatic carbocycles. The molecule has 0 saturated heterocycles. The van der Waals surface area contributed by atoms with Gasteiger partial charge in [0.05, 0.1) is 0 Å². The van der Waals surface area contributed by atoms with Gasteiger partial charge in [-0.15, -0.1) is 0 Å². The van der Waals surface area contributed by atoms with E-state index in [1.54, 1.807) is 44.6 Å². The van der Waals surface area contributed by atoms with Gasteiger partial charge in [-0.25, -0.2) is 0 Å². The van der Waals surface area contributed by atoms with Crippen LogP contribution in [-0.4, -0.2) is 26.0 Å². The summed E-state index contributed by atoms with van der Waals surface area (Å²) >= 11 is 0. The molecule has 2 rings (SSSR count). The number of carbonyl (C=O) groups is 2. The number of ether oxygens (including phenoxy) is 2. The van der Waals surface area contributed by atoms with Crippen LogP contribution in [0.3, 0.4) is 0 Å². The number of hydrazine groups is 1. The predicted octanol–water partition coefficient (Wildman–Crippen LogP) is 4.40. The standard InChI is InChI=1S/C24H30N2O4/c1-4-5-7-12-21(18-10-8-6-9-11-18)17-22(27)25-26-23(28)19-13-15-20(16-14-19)24(29-2)30-3/h6,8-11,13-17,24H,4-5,7,12H2,1-3H3,(H,25,27)(H,26,28). The summed E-state index contributed by atoms with van der Waals surface area (Å²) in [6.07, 6.45) is 5.09. The summed E-state index contributed by atoms with van der Waals surface area (Å²) in [5.74, 6) is -0.768. The number of benzene rings is 2. The number of hydrogen-bond donors (Lipinski definition) is 2. The quantitative estimate of drug-likeness (QED) is 0.263. The molecule has 0 unspecified atom stereocenters. The van der Waals surface area contributed by atoms with E-state index >= 15 is 0 Å². The number of rotatable bonds is 10. The fourth-order valence-corrected chi connectivity index (χ4v) is 3.06. The minimum Gasteiger partial charge on any atom is -0.352 e. The van der Waals surface area contributed by atoms with Crippen molar-refractivity contribution in [1.82, 2.24) is 10.9 Å². The summed E-state index contributed by atoms with van der Waals surface area (Å²) in [7, 11) is 3.09. The van der Waals surface area contributed by atoms with Crippen molar-refractivity contribution in [1.29, 1.82) is 0 Å². The van der Waals surface area contributed by atoms with E-state index in [2.05, 4.69) is 17.8 Å². The Hall–Kier alpha value is -2.96. The average Bonchev–Trinajstić information content (AvgIpc) is 2.79. The van der Waals surface area contributed by atoms with Crippen molar-refractivity contribution in [3.05, 3.63) is 77.4 Å². The van der Waals surface area contributed by atoms with Gasteiger partial charge in [-0.1, -0.05) is 62.2 Å². The number of amides is 2. The maximum atomic E-state index is 12.4. The molecule has 0 heterocycles. The predicted molar refractivity (Wildman–Crippen MR) is 117 cm³/mol. The van der Waals surface area contributed by atoms with E-state index < -0.39 is 12.2 Å². The first-order valence-electron chi connectivity index (χ1n) is 10.1. The Morgan fingerprint density at radius 2 is 1.57 bits per heavy atom. The van der Waals surface area contributed by atoms with Crippen LogP contribution in [0.1, 0.15) is 60.4 Å².